The second-order valence-corrected chi connectivity index (χ2v) is 5.41. The van der Waals surface area contributed by atoms with Gasteiger partial charge in [0.05, 0.1) is 0 Å². The number of nitrogens with one attached hydrogen (secondary N) is 1. The molecule has 108 valence electrons. The summed E-state index contributed by atoms with van der Waals surface area (Å²) in [5.41, 5.74) is 0. The molecule has 0 saturated carbocycles. The highest BCUT2D eigenvalue weighted by Crippen LogP contribution is 2.07. The van der Waals surface area contributed by atoms with Crippen molar-refractivity contribution in [2.45, 2.75) is 71.9 Å². The quantitative estimate of drug-likeness (QED) is 0.698. The fraction of sp³-hybridized carbons (Fsp3) is 0.733. The van der Waals surface area contributed by atoms with Crippen LogP contribution in [0.2, 0.25) is 0 Å². The molecule has 0 saturated heterocycles. The summed E-state index contributed by atoms with van der Waals surface area (Å²) < 4.78 is 2.19. The summed E-state index contributed by atoms with van der Waals surface area (Å²) in [4.78, 5) is 15.6. The van der Waals surface area contributed by atoms with Crippen molar-refractivity contribution in [2.24, 2.45) is 0 Å². The third-order valence-corrected chi connectivity index (χ3v) is 3.18. The number of aromatic nitrogens is 2. The van der Waals surface area contributed by atoms with Gasteiger partial charge in [-0.15, -0.1) is 0 Å². The normalized spacial score (nSPS) is 10.9. The second-order valence-electron chi connectivity index (χ2n) is 5.41. The van der Waals surface area contributed by atoms with E-state index in [2.05, 4.69) is 14.9 Å². The van der Waals surface area contributed by atoms with Crippen molar-refractivity contribution in [3.05, 3.63) is 18.2 Å². The van der Waals surface area contributed by atoms with Gasteiger partial charge in [0.2, 0.25) is 5.91 Å². The molecule has 19 heavy (non-hydrogen) atoms. The van der Waals surface area contributed by atoms with Gasteiger partial charge < -0.3 is 9.88 Å². The molecule has 0 atom stereocenters. The van der Waals surface area contributed by atoms with Gasteiger partial charge >= 0.3 is 0 Å². The fourth-order valence-corrected chi connectivity index (χ4v) is 2.13. The number of aryl methyl sites for hydroxylation is 2. The minimum atomic E-state index is 0.184. The zero-order valence-electron chi connectivity index (χ0n) is 12.5. The SMILES string of the molecule is Cc1nccn1CCCCCCCC(=O)NC(C)C. The van der Waals surface area contributed by atoms with E-state index in [1.807, 2.05) is 33.2 Å². The van der Waals surface area contributed by atoms with Gasteiger partial charge in [-0.25, -0.2) is 4.98 Å². The van der Waals surface area contributed by atoms with Gasteiger partial charge in [-0.2, -0.15) is 0 Å². The molecule has 0 unspecified atom stereocenters. The van der Waals surface area contributed by atoms with Crippen LogP contribution < -0.4 is 5.32 Å². The number of imidazole rings is 1. The fourth-order valence-electron chi connectivity index (χ4n) is 2.13. The largest absolute Gasteiger partial charge is 0.354 e. The van der Waals surface area contributed by atoms with Gasteiger partial charge in [0.15, 0.2) is 0 Å². The smallest absolute Gasteiger partial charge is 0.220 e. The zero-order chi connectivity index (χ0) is 14.1. The summed E-state index contributed by atoms with van der Waals surface area (Å²) in [6.07, 6.45) is 10.3. The third-order valence-electron chi connectivity index (χ3n) is 3.18. The number of hydrogen-bond acceptors (Lipinski definition) is 2. The highest BCUT2D eigenvalue weighted by molar-refractivity contribution is 5.76. The Hall–Kier alpha value is -1.32. The predicted molar refractivity (Wildman–Crippen MR) is 77.9 cm³/mol. The first-order valence-electron chi connectivity index (χ1n) is 7.36. The molecule has 1 rings (SSSR count). The van der Waals surface area contributed by atoms with E-state index in [-0.39, 0.29) is 11.9 Å². The second kappa shape index (κ2) is 8.73. The average molecular weight is 265 g/mol. The van der Waals surface area contributed by atoms with E-state index >= 15 is 0 Å². The van der Waals surface area contributed by atoms with Crippen LogP contribution in [0.15, 0.2) is 12.4 Å². The lowest BCUT2D eigenvalue weighted by molar-refractivity contribution is -0.121. The summed E-state index contributed by atoms with van der Waals surface area (Å²) in [6.45, 7) is 7.08. The van der Waals surface area contributed by atoms with Crippen LogP contribution in [0.5, 0.6) is 0 Å². The van der Waals surface area contributed by atoms with Crippen molar-refractivity contribution < 1.29 is 4.79 Å². The van der Waals surface area contributed by atoms with Crippen molar-refractivity contribution in [3.63, 3.8) is 0 Å². The van der Waals surface area contributed by atoms with Gasteiger partial charge in [0.25, 0.3) is 0 Å². The van der Waals surface area contributed by atoms with Crippen LogP contribution >= 0.6 is 0 Å². The molecule has 1 amide bonds. The number of carbonyl (C=O) groups is 1. The highest BCUT2D eigenvalue weighted by Gasteiger charge is 2.02. The molecule has 0 aliphatic rings. The Balaban J connectivity index is 1.94. The first-order chi connectivity index (χ1) is 9.09. The molecule has 4 nitrogen and oxygen atoms in total. The first kappa shape index (κ1) is 15.7. The Kier molecular flexibility index (Phi) is 7.23. The Morgan fingerprint density at radius 2 is 1.95 bits per heavy atom. The average Bonchev–Trinajstić information content (AvgIpc) is 2.73. The molecule has 0 radical (unpaired) electrons. The maximum Gasteiger partial charge on any atom is 0.220 e. The molecule has 0 aliphatic heterocycles. The Bertz CT molecular complexity index is 371. The van der Waals surface area contributed by atoms with E-state index in [4.69, 9.17) is 0 Å². The molecular weight excluding hydrogens is 238 g/mol. The van der Waals surface area contributed by atoms with Crippen LogP contribution in [-0.4, -0.2) is 21.5 Å². The lowest BCUT2D eigenvalue weighted by Gasteiger charge is -2.08. The Morgan fingerprint density at radius 3 is 2.58 bits per heavy atom. The molecule has 0 aliphatic carbocycles. The van der Waals surface area contributed by atoms with Crippen LogP contribution in [0.4, 0.5) is 0 Å². The molecule has 0 fully saturated rings. The molecular formula is C15H27N3O. The molecule has 1 heterocycles. The van der Waals surface area contributed by atoms with E-state index in [0.717, 1.165) is 25.2 Å². The molecule has 0 aromatic carbocycles. The van der Waals surface area contributed by atoms with E-state index in [1.54, 1.807) is 0 Å². The third kappa shape index (κ3) is 6.99. The lowest BCUT2D eigenvalue weighted by atomic mass is 10.1. The first-order valence-corrected chi connectivity index (χ1v) is 7.36. The van der Waals surface area contributed by atoms with Crippen molar-refractivity contribution >= 4 is 5.91 Å². The zero-order valence-corrected chi connectivity index (χ0v) is 12.5. The highest BCUT2D eigenvalue weighted by atomic mass is 16.1. The summed E-state index contributed by atoms with van der Waals surface area (Å²) in [5, 5.41) is 2.92. The minimum absolute atomic E-state index is 0.184. The van der Waals surface area contributed by atoms with Crippen LogP contribution in [0.1, 0.15) is 58.2 Å². The lowest BCUT2D eigenvalue weighted by Crippen LogP contribution is -2.29. The number of amides is 1. The van der Waals surface area contributed by atoms with Crippen LogP contribution in [0.25, 0.3) is 0 Å². The van der Waals surface area contributed by atoms with Crippen molar-refractivity contribution in [1.82, 2.24) is 14.9 Å². The number of carbonyl (C=O) groups excluding carboxylic acids is 1. The van der Waals surface area contributed by atoms with Gasteiger partial charge in [-0.3, -0.25) is 4.79 Å². The molecule has 1 aromatic heterocycles. The van der Waals surface area contributed by atoms with Crippen molar-refractivity contribution in [3.8, 4) is 0 Å². The van der Waals surface area contributed by atoms with E-state index in [0.29, 0.717) is 6.42 Å². The summed E-state index contributed by atoms with van der Waals surface area (Å²) >= 11 is 0. The minimum Gasteiger partial charge on any atom is -0.354 e. The monoisotopic (exact) mass is 265 g/mol. The van der Waals surface area contributed by atoms with Gasteiger partial charge in [0, 0.05) is 31.4 Å². The predicted octanol–water partition coefficient (Wildman–Crippen LogP) is 3.06. The summed E-state index contributed by atoms with van der Waals surface area (Å²) in [5.74, 6) is 1.27. The van der Waals surface area contributed by atoms with E-state index in [1.165, 1.54) is 19.3 Å². The van der Waals surface area contributed by atoms with E-state index in [9.17, 15) is 4.79 Å². The van der Waals surface area contributed by atoms with Gasteiger partial charge in [-0.1, -0.05) is 19.3 Å². The van der Waals surface area contributed by atoms with Crippen molar-refractivity contribution in [1.29, 1.82) is 0 Å². The van der Waals surface area contributed by atoms with Crippen LogP contribution in [0.3, 0.4) is 0 Å². The van der Waals surface area contributed by atoms with E-state index < -0.39 is 0 Å². The molecule has 4 heteroatoms. The van der Waals surface area contributed by atoms with Crippen molar-refractivity contribution in [2.75, 3.05) is 0 Å². The number of nitrogens with zero attached hydrogens (tertiary/aromatic N) is 2. The Morgan fingerprint density at radius 1 is 1.26 bits per heavy atom. The molecule has 0 spiro atoms. The maximum absolute atomic E-state index is 11.4. The Labute approximate surface area is 116 Å². The summed E-state index contributed by atoms with van der Waals surface area (Å²) in [7, 11) is 0. The molecule has 1 N–H and O–H groups in total. The maximum atomic E-state index is 11.4. The molecule has 1 aromatic rings. The standard InChI is InChI=1S/C15H27N3O/c1-13(2)17-15(19)9-7-5-4-6-8-11-18-12-10-16-14(18)3/h10,12-13H,4-9,11H2,1-3H3,(H,17,19). The number of unbranched alkanes of at least 4 members (excludes halogenated alkanes) is 4. The van der Waals surface area contributed by atoms with Gasteiger partial charge in [0.1, 0.15) is 5.82 Å². The number of rotatable bonds is 9. The van der Waals surface area contributed by atoms with Crippen LogP contribution in [0, 0.1) is 6.92 Å². The van der Waals surface area contributed by atoms with Gasteiger partial charge in [-0.05, 0) is 33.6 Å². The number of hydrogen-bond donors (Lipinski definition) is 1. The topological polar surface area (TPSA) is 46.9 Å². The molecule has 0 bridgehead atoms. The summed E-state index contributed by atoms with van der Waals surface area (Å²) in [6, 6.07) is 0.255. The van der Waals surface area contributed by atoms with Crippen LogP contribution in [-0.2, 0) is 11.3 Å².